The molecule has 5 nitrogen and oxygen atoms in total. The van der Waals surface area contributed by atoms with Gasteiger partial charge in [-0.05, 0) is 37.7 Å². The summed E-state index contributed by atoms with van der Waals surface area (Å²) in [7, 11) is -3.75. The van der Waals surface area contributed by atoms with Crippen molar-refractivity contribution >= 4 is 27.3 Å². The Kier molecular flexibility index (Phi) is 4.51. The minimum absolute atomic E-state index is 0.0436. The summed E-state index contributed by atoms with van der Waals surface area (Å²) in [4.78, 5) is 13.0. The van der Waals surface area contributed by atoms with Crippen LogP contribution in [0.5, 0.6) is 0 Å². The topological polar surface area (TPSA) is 89.3 Å². The molecule has 0 aliphatic heterocycles. The highest BCUT2D eigenvalue weighted by molar-refractivity contribution is 7.89. The molecule has 0 spiro atoms. The van der Waals surface area contributed by atoms with Crippen LogP contribution in [0.1, 0.15) is 40.7 Å². The number of aryl methyl sites for hydroxylation is 1. The van der Waals surface area contributed by atoms with E-state index in [0.717, 1.165) is 30.1 Å². The maximum absolute atomic E-state index is 12.0. The molecule has 2 atom stereocenters. The number of hydrogen-bond donors (Lipinski definition) is 2. The van der Waals surface area contributed by atoms with Gasteiger partial charge in [0.15, 0.2) is 0 Å². The maximum Gasteiger partial charge on any atom is 0.261 e. The minimum Gasteiger partial charge on any atom is -0.351 e. The summed E-state index contributed by atoms with van der Waals surface area (Å²) in [6, 6.07) is 1.36. The highest BCUT2D eigenvalue weighted by Crippen LogP contribution is 2.30. The fraction of sp³-hybridized carbons (Fsp3) is 0.615. The number of nitrogens with one attached hydrogen (secondary N) is 1. The van der Waals surface area contributed by atoms with Crippen molar-refractivity contribution in [2.75, 3.05) is 6.54 Å². The first-order chi connectivity index (χ1) is 9.27. The summed E-state index contributed by atoms with van der Waals surface area (Å²) in [5.74, 6) is 1.05. The van der Waals surface area contributed by atoms with Crippen molar-refractivity contribution in [3.8, 4) is 0 Å². The Morgan fingerprint density at radius 3 is 2.70 bits per heavy atom. The number of rotatable bonds is 4. The lowest BCUT2D eigenvalue weighted by Crippen LogP contribution is -2.27. The number of primary sulfonamides is 1. The van der Waals surface area contributed by atoms with Crippen LogP contribution in [0.25, 0.3) is 0 Å². The van der Waals surface area contributed by atoms with Crippen molar-refractivity contribution in [1.82, 2.24) is 5.32 Å². The second-order valence-corrected chi connectivity index (χ2v) is 8.36. The molecule has 1 saturated carbocycles. The van der Waals surface area contributed by atoms with Crippen LogP contribution >= 0.6 is 11.3 Å². The third kappa shape index (κ3) is 3.59. The number of sulfonamides is 1. The molecule has 1 aliphatic rings. The average molecular weight is 316 g/mol. The second-order valence-electron chi connectivity index (χ2n) is 5.57. The van der Waals surface area contributed by atoms with Gasteiger partial charge in [0.2, 0.25) is 10.0 Å². The van der Waals surface area contributed by atoms with E-state index in [4.69, 9.17) is 5.14 Å². The van der Waals surface area contributed by atoms with E-state index in [0.29, 0.717) is 22.2 Å². The lowest BCUT2D eigenvalue weighted by molar-refractivity contribution is 0.0951. The number of hydrogen-bond acceptors (Lipinski definition) is 4. The van der Waals surface area contributed by atoms with Crippen LogP contribution in [-0.4, -0.2) is 20.9 Å². The predicted molar refractivity (Wildman–Crippen MR) is 79.3 cm³/mol. The Morgan fingerprint density at radius 1 is 1.50 bits per heavy atom. The van der Waals surface area contributed by atoms with Crippen molar-refractivity contribution in [1.29, 1.82) is 0 Å². The summed E-state index contributed by atoms with van der Waals surface area (Å²) in [5.41, 5.74) is 0. The fourth-order valence-corrected chi connectivity index (χ4v) is 4.76. The smallest absolute Gasteiger partial charge is 0.261 e. The first-order valence-electron chi connectivity index (χ1n) is 6.69. The van der Waals surface area contributed by atoms with E-state index < -0.39 is 10.0 Å². The zero-order chi connectivity index (χ0) is 14.9. The second kappa shape index (κ2) is 5.83. The molecule has 0 saturated heterocycles. The molecule has 1 heterocycles. The largest absolute Gasteiger partial charge is 0.351 e. The highest BCUT2D eigenvalue weighted by atomic mass is 32.2. The van der Waals surface area contributed by atoms with Gasteiger partial charge in [0.25, 0.3) is 5.91 Å². The van der Waals surface area contributed by atoms with Crippen molar-refractivity contribution < 1.29 is 13.2 Å². The molecule has 2 rings (SSSR count). The van der Waals surface area contributed by atoms with Crippen LogP contribution in [0.3, 0.4) is 0 Å². The standard InChI is InChI=1S/C13H20N2O3S2/c1-8-3-4-10(5-8)7-15-13(16)11-6-12(9(2)19-11)20(14,17)18/h6,8,10H,3-5,7H2,1-2H3,(H,15,16)(H2,14,17,18). The molecule has 0 radical (unpaired) electrons. The Balaban J connectivity index is 2.00. The number of carbonyl (C=O) groups is 1. The van der Waals surface area contributed by atoms with Crippen molar-refractivity contribution in [3.63, 3.8) is 0 Å². The Morgan fingerprint density at radius 2 is 2.20 bits per heavy atom. The molecule has 1 aliphatic carbocycles. The van der Waals surface area contributed by atoms with Gasteiger partial charge in [-0.3, -0.25) is 4.79 Å². The first kappa shape index (κ1) is 15.5. The summed E-state index contributed by atoms with van der Waals surface area (Å²) in [6.07, 6.45) is 3.51. The van der Waals surface area contributed by atoms with Crippen molar-refractivity contribution in [2.24, 2.45) is 17.0 Å². The Hall–Kier alpha value is -0.920. The van der Waals surface area contributed by atoms with Crippen LogP contribution in [0.2, 0.25) is 0 Å². The Bertz CT molecular complexity index is 607. The van der Waals surface area contributed by atoms with E-state index in [1.165, 1.54) is 12.5 Å². The molecular weight excluding hydrogens is 296 g/mol. The molecular formula is C13H20N2O3S2. The Labute approximate surface area is 123 Å². The van der Waals surface area contributed by atoms with Gasteiger partial charge in [0.1, 0.15) is 0 Å². The predicted octanol–water partition coefficient (Wildman–Crippen LogP) is 1.87. The quantitative estimate of drug-likeness (QED) is 0.888. The van der Waals surface area contributed by atoms with Gasteiger partial charge in [-0.1, -0.05) is 13.3 Å². The lowest BCUT2D eigenvalue weighted by atomic mass is 10.1. The molecule has 1 fully saturated rings. The molecule has 7 heteroatoms. The van der Waals surface area contributed by atoms with E-state index in [9.17, 15) is 13.2 Å². The number of thiophene rings is 1. The molecule has 1 aromatic rings. The third-order valence-corrected chi connectivity index (χ3v) is 5.97. The monoisotopic (exact) mass is 316 g/mol. The minimum atomic E-state index is -3.75. The van der Waals surface area contributed by atoms with Gasteiger partial charge in [-0.2, -0.15) is 0 Å². The van der Waals surface area contributed by atoms with E-state index in [1.54, 1.807) is 6.92 Å². The van der Waals surface area contributed by atoms with Crippen LogP contribution in [0.4, 0.5) is 0 Å². The van der Waals surface area contributed by atoms with E-state index in [-0.39, 0.29) is 10.8 Å². The lowest BCUT2D eigenvalue weighted by Gasteiger charge is -2.10. The summed E-state index contributed by atoms with van der Waals surface area (Å²) < 4.78 is 22.7. The SMILES string of the molecule is Cc1sc(C(=O)NCC2CCC(C)C2)cc1S(N)(=O)=O. The van der Waals surface area contributed by atoms with Gasteiger partial charge in [-0.25, -0.2) is 13.6 Å². The average Bonchev–Trinajstić information content (AvgIpc) is 2.91. The number of amides is 1. The molecule has 1 amide bonds. The fourth-order valence-electron chi connectivity index (χ4n) is 2.69. The first-order valence-corrected chi connectivity index (χ1v) is 9.05. The molecule has 20 heavy (non-hydrogen) atoms. The number of carbonyl (C=O) groups excluding carboxylic acids is 1. The van der Waals surface area contributed by atoms with E-state index in [1.807, 2.05) is 0 Å². The third-order valence-electron chi connectivity index (χ3n) is 3.76. The summed E-state index contributed by atoms with van der Waals surface area (Å²) in [6.45, 7) is 4.54. The summed E-state index contributed by atoms with van der Waals surface area (Å²) >= 11 is 1.16. The van der Waals surface area contributed by atoms with Gasteiger partial charge in [0, 0.05) is 11.4 Å². The molecule has 0 bridgehead atoms. The van der Waals surface area contributed by atoms with Crippen LogP contribution < -0.4 is 10.5 Å². The van der Waals surface area contributed by atoms with Crippen molar-refractivity contribution in [2.45, 2.75) is 38.0 Å². The van der Waals surface area contributed by atoms with E-state index in [2.05, 4.69) is 12.2 Å². The van der Waals surface area contributed by atoms with Gasteiger partial charge in [0.05, 0.1) is 9.77 Å². The van der Waals surface area contributed by atoms with Crippen molar-refractivity contribution in [3.05, 3.63) is 15.8 Å². The molecule has 1 aromatic heterocycles. The van der Waals surface area contributed by atoms with Crippen LogP contribution in [0.15, 0.2) is 11.0 Å². The zero-order valence-electron chi connectivity index (χ0n) is 11.7. The molecule has 0 aromatic carbocycles. The molecule has 112 valence electrons. The van der Waals surface area contributed by atoms with Crippen LogP contribution in [-0.2, 0) is 10.0 Å². The maximum atomic E-state index is 12.0. The summed E-state index contributed by atoms with van der Waals surface area (Å²) in [5, 5.41) is 8.00. The zero-order valence-corrected chi connectivity index (χ0v) is 13.3. The highest BCUT2D eigenvalue weighted by Gasteiger charge is 2.23. The van der Waals surface area contributed by atoms with Crippen LogP contribution in [0, 0.1) is 18.8 Å². The van der Waals surface area contributed by atoms with Gasteiger partial charge >= 0.3 is 0 Å². The van der Waals surface area contributed by atoms with Gasteiger partial charge < -0.3 is 5.32 Å². The molecule has 3 N–H and O–H groups in total. The van der Waals surface area contributed by atoms with Gasteiger partial charge in [-0.15, -0.1) is 11.3 Å². The van der Waals surface area contributed by atoms with E-state index >= 15 is 0 Å². The normalized spacial score (nSPS) is 22.9. The molecule has 2 unspecified atom stereocenters. The number of nitrogens with two attached hydrogens (primary N) is 1.